The molecule has 0 aliphatic rings. The van der Waals surface area contributed by atoms with Crippen LogP contribution < -0.4 is 5.32 Å². The van der Waals surface area contributed by atoms with Gasteiger partial charge in [-0.1, -0.05) is 75.9 Å². The van der Waals surface area contributed by atoms with Crippen molar-refractivity contribution in [3.8, 4) is 0 Å². The molecule has 174 valence electrons. The molecule has 1 aromatic heterocycles. The molecule has 31 heavy (non-hydrogen) atoms. The fourth-order valence-electron chi connectivity index (χ4n) is 3.76. The van der Waals surface area contributed by atoms with Gasteiger partial charge in [-0.2, -0.15) is 29.6 Å². The molecule has 0 aliphatic carbocycles. The number of thiol groups is 3. The monoisotopic (exact) mass is 501 g/mol. The molecule has 0 bridgehead atoms. The molecule has 0 saturated heterocycles. The first kappa shape index (κ1) is 26.7. The summed E-state index contributed by atoms with van der Waals surface area (Å²) < 4.78 is 15.3. The standard InChI is InChI=1S/C23H36FN3S4/c1-17(28)16-21(29)18-12-9-10-14-20(18)25-15-11-7-5-3-2-4-6-8-13-19-22(24)27(31)26-23(19)30/h9-10,12,14,17,21,25,28-29,31H,2-8,11,13,15-16H2,1H3,(H,26,30). The number of aromatic nitrogens is 2. The largest absolute Gasteiger partial charge is 0.385 e. The van der Waals surface area contributed by atoms with E-state index in [1.807, 2.05) is 0 Å². The minimum atomic E-state index is -0.356. The molecule has 0 radical (unpaired) electrons. The molecule has 1 aromatic carbocycles. The van der Waals surface area contributed by atoms with Crippen LogP contribution in [0.5, 0.6) is 0 Å². The van der Waals surface area contributed by atoms with Crippen LogP contribution in [0, 0.1) is 10.6 Å². The fraction of sp³-hybridized carbons (Fsp3) is 0.609. The Balaban J connectivity index is 1.52. The number of H-pyrrole nitrogens is 1. The Kier molecular flexibility index (Phi) is 12.5. The molecular formula is C23H36FN3S4. The molecule has 8 heteroatoms. The number of hydrogen-bond acceptors (Lipinski definition) is 5. The number of hydrogen-bond donors (Lipinski definition) is 5. The third-order valence-electron chi connectivity index (χ3n) is 5.47. The number of para-hydroxylation sites is 1. The molecule has 3 nitrogen and oxygen atoms in total. The van der Waals surface area contributed by atoms with E-state index >= 15 is 0 Å². The van der Waals surface area contributed by atoms with Gasteiger partial charge in [0.05, 0.1) is 0 Å². The Bertz CT molecular complexity index is 834. The molecule has 2 rings (SSSR count). The van der Waals surface area contributed by atoms with Crippen LogP contribution in [-0.4, -0.2) is 21.0 Å². The van der Waals surface area contributed by atoms with E-state index in [-0.39, 0.29) is 11.2 Å². The highest BCUT2D eigenvalue weighted by atomic mass is 32.1. The van der Waals surface area contributed by atoms with Gasteiger partial charge in [0.15, 0.2) is 0 Å². The molecule has 2 N–H and O–H groups in total. The van der Waals surface area contributed by atoms with Gasteiger partial charge in [0, 0.05) is 28.3 Å². The lowest BCUT2D eigenvalue weighted by Crippen LogP contribution is -2.07. The van der Waals surface area contributed by atoms with Crippen LogP contribution in [0.25, 0.3) is 0 Å². The lowest BCUT2D eigenvalue weighted by molar-refractivity contribution is 0.540. The Morgan fingerprint density at radius 1 is 1.03 bits per heavy atom. The van der Waals surface area contributed by atoms with Crippen molar-refractivity contribution in [1.82, 2.24) is 9.19 Å². The van der Waals surface area contributed by atoms with Gasteiger partial charge in [0.2, 0.25) is 5.95 Å². The molecular weight excluding hydrogens is 466 g/mol. The average molecular weight is 502 g/mol. The summed E-state index contributed by atoms with van der Waals surface area (Å²) in [7, 11) is 0. The van der Waals surface area contributed by atoms with Crippen LogP contribution in [-0.2, 0) is 6.42 Å². The van der Waals surface area contributed by atoms with Gasteiger partial charge < -0.3 is 5.32 Å². The molecule has 0 fully saturated rings. The van der Waals surface area contributed by atoms with Crippen LogP contribution >= 0.6 is 50.3 Å². The van der Waals surface area contributed by atoms with Crippen molar-refractivity contribution < 1.29 is 4.39 Å². The highest BCUT2D eigenvalue weighted by Gasteiger charge is 2.13. The Hall–Kier alpha value is -0.570. The molecule has 0 amide bonds. The van der Waals surface area contributed by atoms with Gasteiger partial charge in [-0.05, 0) is 50.1 Å². The van der Waals surface area contributed by atoms with Crippen molar-refractivity contribution in [3.63, 3.8) is 0 Å². The number of unbranched alkanes of at least 4 members (excludes halogenated alkanes) is 7. The highest BCUT2D eigenvalue weighted by molar-refractivity contribution is 7.81. The van der Waals surface area contributed by atoms with Crippen LogP contribution in [0.3, 0.4) is 0 Å². The van der Waals surface area contributed by atoms with E-state index in [4.69, 9.17) is 24.8 Å². The summed E-state index contributed by atoms with van der Waals surface area (Å²) in [6, 6.07) is 8.46. The van der Waals surface area contributed by atoms with E-state index < -0.39 is 0 Å². The van der Waals surface area contributed by atoms with Crippen molar-refractivity contribution in [2.75, 3.05) is 11.9 Å². The molecule has 2 unspecified atom stereocenters. The first-order valence-corrected chi connectivity index (χ1v) is 13.1. The predicted molar refractivity (Wildman–Crippen MR) is 144 cm³/mol. The summed E-state index contributed by atoms with van der Waals surface area (Å²) in [5, 5.41) is 6.83. The lowest BCUT2D eigenvalue weighted by atomic mass is 10.0. The van der Waals surface area contributed by atoms with E-state index in [0.29, 0.717) is 21.9 Å². The van der Waals surface area contributed by atoms with Crippen LogP contribution in [0.4, 0.5) is 10.1 Å². The quantitative estimate of drug-likeness (QED) is 0.0979. The molecule has 0 saturated carbocycles. The Labute approximate surface area is 208 Å². The maximum absolute atomic E-state index is 13.8. The fourth-order valence-corrected chi connectivity index (χ4v) is 5.24. The van der Waals surface area contributed by atoms with Crippen LogP contribution in [0.2, 0.25) is 0 Å². The lowest BCUT2D eigenvalue weighted by Gasteiger charge is -2.18. The first-order chi connectivity index (χ1) is 14.9. The number of nitrogens with one attached hydrogen (secondary N) is 2. The zero-order valence-corrected chi connectivity index (χ0v) is 21.8. The topological polar surface area (TPSA) is 32.8 Å². The van der Waals surface area contributed by atoms with Crippen LogP contribution in [0.1, 0.15) is 81.1 Å². The maximum Gasteiger partial charge on any atom is 0.224 e. The number of rotatable bonds is 15. The van der Waals surface area contributed by atoms with E-state index in [1.54, 1.807) is 0 Å². The van der Waals surface area contributed by atoms with E-state index in [0.717, 1.165) is 29.9 Å². The van der Waals surface area contributed by atoms with Crippen molar-refractivity contribution in [3.05, 3.63) is 46.0 Å². The van der Waals surface area contributed by atoms with Gasteiger partial charge >= 0.3 is 0 Å². The summed E-state index contributed by atoms with van der Waals surface area (Å²) in [4.78, 5) is 0. The average Bonchev–Trinajstić information content (AvgIpc) is 2.97. The third kappa shape index (κ3) is 9.44. The molecule has 0 aliphatic heterocycles. The second-order valence-corrected chi connectivity index (χ2v) is 10.5. The molecule has 2 aromatic rings. The number of nitrogens with zero attached hydrogens (tertiary/aromatic N) is 1. The van der Waals surface area contributed by atoms with E-state index in [2.05, 4.69) is 67.0 Å². The second-order valence-electron chi connectivity index (χ2n) is 8.22. The van der Waals surface area contributed by atoms with Gasteiger partial charge in [0.25, 0.3) is 0 Å². The number of aromatic amines is 1. The minimum absolute atomic E-state index is 0.210. The number of anilines is 1. The molecule has 2 atom stereocenters. The predicted octanol–water partition coefficient (Wildman–Crippen LogP) is 7.83. The van der Waals surface area contributed by atoms with Gasteiger partial charge in [0.1, 0.15) is 4.64 Å². The van der Waals surface area contributed by atoms with E-state index in [9.17, 15) is 4.39 Å². The van der Waals surface area contributed by atoms with Crippen molar-refractivity contribution in [2.45, 2.75) is 81.6 Å². The number of halogens is 1. The minimum Gasteiger partial charge on any atom is -0.385 e. The normalized spacial score (nSPS) is 13.3. The van der Waals surface area contributed by atoms with Crippen molar-refractivity contribution in [2.24, 2.45) is 0 Å². The highest BCUT2D eigenvalue weighted by Crippen LogP contribution is 2.32. The molecule has 0 spiro atoms. The van der Waals surface area contributed by atoms with Gasteiger partial charge in [-0.25, -0.2) is 4.09 Å². The summed E-state index contributed by atoms with van der Waals surface area (Å²) in [6.45, 7) is 3.10. The van der Waals surface area contributed by atoms with Gasteiger partial charge in [-0.15, -0.1) is 0 Å². The zero-order valence-electron chi connectivity index (χ0n) is 18.3. The summed E-state index contributed by atoms with van der Waals surface area (Å²) in [5.74, 6) is -0.356. The third-order valence-corrected chi connectivity index (χ3v) is 6.78. The van der Waals surface area contributed by atoms with Gasteiger partial charge in [-0.3, -0.25) is 5.10 Å². The summed E-state index contributed by atoms with van der Waals surface area (Å²) >= 11 is 18.4. The summed E-state index contributed by atoms with van der Waals surface area (Å²) in [5.41, 5.74) is 3.04. The van der Waals surface area contributed by atoms with Crippen molar-refractivity contribution in [1.29, 1.82) is 0 Å². The van der Waals surface area contributed by atoms with Crippen LogP contribution in [0.15, 0.2) is 24.3 Å². The SMILES string of the molecule is CC(S)CC(S)c1ccccc1NCCCCCCCCCCc1c(F)n(S)[nH]c1=S. The smallest absolute Gasteiger partial charge is 0.224 e. The Morgan fingerprint density at radius 2 is 1.65 bits per heavy atom. The Morgan fingerprint density at radius 3 is 2.26 bits per heavy atom. The van der Waals surface area contributed by atoms with Crippen molar-refractivity contribution >= 4 is 56.0 Å². The number of benzene rings is 1. The first-order valence-electron chi connectivity index (χ1n) is 11.3. The summed E-state index contributed by atoms with van der Waals surface area (Å²) in [6.07, 6.45) is 11.1. The molecule has 1 heterocycles. The maximum atomic E-state index is 13.8. The second kappa shape index (κ2) is 14.6. The zero-order chi connectivity index (χ0) is 22.6. The van der Waals surface area contributed by atoms with E-state index in [1.165, 1.54) is 49.8 Å².